The fourth-order valence-electron chi connectivity index (χ4n) is 4.42. The van der Waals surface area contributed by atoms with E-state index >= 15 is 0 Å². The summed E-state index contributed by atoms with van der Waals surface area (Å²) in [5.41, 5.74) is 3.85. The highest BCUT2D eigenvalue weighted by Gasteiger charge is 2.17. The molecule has 1 heterocycles. The number of aryl methyl sites for hydroxylation is 1. The van der Waals surface area contributed by atoms with E-state index in [1.165, 1.54) is 36.1 Å². The van der Waals surface area contributed by atoms with Crippen LogP contribution in [0, 0.1) is 0 Å². The number of hydrogen-bond donors (Lipinski definition) is 0. The summed E-state index contributed by atoms with van der Waals surface area (Å²) in [6.07, 6.45) is 3.37. The van der Waals surface area contributed by atoms with Crippen molar-refractivity contribution in [2.75, 3.05) is 46.4 Å². The van der Waals surface area contributed by atoms with Crippen molar-refractivity contribution in [3.63, 3.8) is 0 Å². The van der Waals surface area contributed by atoms with Crippen molar-refractivity contribution >= 4 is 0 Å². The number of rotatable bonds is 11. The summed E-state index contributed by atoms with van der Waals surface area (Å²) in [6.45, 7) is 7.41. The first-order chi connectivity index (χ1) is 16.3. The van der Waals surface area contributed by atoms with Gasteiger partial charge < -0.3 is 19.3 Å². The number of piperazine rings is 1. The Bertz CT molecular complexity index is 954. The molecule has 3 aromatic rings. The highest BCUT2D eigenvalue weighted by molar-refractivity contribution is 5.40. The summed E-state index contributed by atoms with van der Waals surface area (Å²) in [4.78, 5) is 5.19. The number of ether oxygens (including phenoxy) is 2. The fourth-order valence-corrected chi connectivity index (χ4v) is 4.42. The lowest BCUT2D eigenvalue weighted by molar-refractivity contribution is 0.132. The largest absolute Gasteiger partial charge is 0.497 e. The molecule has 0 saturated carbocycles. The van der Waals surface area contributed by atoms with E-state index < -0.39 is 0 Å². The molecular weight excluding hydrogens is 408 g/mol. The lowest BCUT2D eigenvalue weighted by Gasteiger charge is -2.34. The normalized spacial score (nSPS) is 14.8. The standard InChI is InChI=1S/C29H36N2O2/c1-32-28-14-15-29(33-24-26-11-6-3-7-12-26)27(23-28)16-18-31-21-19-30(20-22-31)17-8-13-25-9-4-2-5-10-25/h2-7,9-12,14-15,23H,8,13,16-22,24H2,1H3. The summed E-state index contributed by atoms with van der Waals surface area (Å²) in [5, 5.41) is 0. The zero-order valence-electron chi connectivity index (χ0n) is 19.8. The minimum atomic E-state index is 0.585. The lowest BCUT2D eigenvalue weighted by atomic mass is 10.1. The highest BCUT2D eigenvalue weighted by atomic mass is 16.5. The van der Waals surface area contributed by atoms with E-state index in [9.17, 15) is 0 Å². The molecule has 4 heteroatoms. The summed E-state index contributed by atoms with van der Waals surface area (Å²) in [5.74, 6) is 1.85. The topological polar surface area (TPSA) is 24.9 Å². The number of methoxy groups -OCH3 is 1. The molecule has 33 heavy (non-hydrogen) atoms. The first-order valence-corrected chi connectivity index (χ1v) is 12.1. The van der Waals surface area contributed by atoms with Crippen LogP contribution < -0.4 is 9.47 Å². The van der Waals surface area contributed by atoms with Crippen molar-refractivity contribution in [2.45, 2.75) is 25.9 Å². The Labute approximate surface area is 198 Å². The molecule has 1 fully saturated rings. The van der Waals surface area contributed by atoms with Crippen LogP contribution in [0.2, 0.25) is 0 Å². The van der Waals surface area contributed by atoms with Gasteiger partial charge in [-0.05, 0) is 60.7 Å². The second kappa shape index (κ2) is 12.4. The van der Waals surface area contributed by atoms with Gasteiger partial charge in [-0.15, -0.1) is 0 Å². The van der Waals surface area contributed by atoms with Crippen LogP contribution in [0.3, 0.4) is 0 Å². The molecule has 0 spiro atoms. The van der Waals surface area contributed by atoms with E-state index in [-0.39, 0.29) is 0 Å². The van der Waals surface area contributed by atoms with Gasteiger partial charge in [0.25, 0.3) is 0 Å². The third-order valence-corrected chi connectivity index (χ3v) is 6.45. The van der Waals surface area contributed by atoms with E-state index in [1.807, 2.05) is 18.2 Å². The molecule has 0 atom stereocenters. The molecule has 0 amide bonds. The van der Waals surface area contributed by atoms with Gasteiger partial charge in [0.2, 0.25) is 0 Å². The molecule has 0 unspecified atom stereocenters. The molecule has 4 rings (SSSR count). The quantitative estimate of drug-likeness (QED) is 0.412. The van der Waals surface area contributed by atoms with E-state index in [1.54, 1.807) is 7.11 Å². The van der Waals surface area contributed by atoms with Crippen LogP contribution in [-0.2, 0) is 19.4 Å². The Morgan fingerprint density at radius 1 is 0.697 bits per heavy atom. The number of benzene rings is 3. The zero-order valence-corrected chi connectivity index (χ0v) is 19.8. The maximum Gasteiger partial charge on any atom is 0.123 e. The van der Waals surface area contributed by atoms with Crippen LogP contribution in [0.4, 0.5) is 0 Å². The van der Waals surface area contributed by atoms with Crippen LogP contribution in [0.15, 0.2) is 78.9 Å². The average molecular weight is 445 g/mol. The van der Waals surface area contributed by atoms with Gasteiger partial charge in [0, 0.05) is 32.7 Å². The van der Waals surface area contributed by atoms with Gasteiger partial charge in [-0.2, -0.15) is 0 Å². The second-order valence-electron chi connectivity index (χ2n) is 8.77. The molecule has 3 aromatic carbocycles. The summed E-state index contributed by atoms with van der Waals surface area (Å²) >= 11 is 0. The minimum Gasteiger partial charge on any atom is -0.497 e. The Hall–Kier alpha value is -2.82. The Kier molecular flexibility index (Phi) is 8.79. The van der Waals surface area contributed by atoms with Crippen LogP contribution in [0.1, 0.15) is 23.1 Å². The van der Waals surface area contributed by atoms with Gasteiger partial charge in [0.1, 0.15) is 18.1 Å². The number of nitrogens with zero attached hydrogens (tertiary/aromatic N) is 2. The summed E-state index contributed by atoms with van der Waals surface area (Å²) in [7, 11) is 1.72. The molecule has 0 aromatic heterocycles. The summed E-state index contributed by atoms with van der Waals surface area (Å²) < 4.78 is 11.7. The Balaban J connectivity index is 1.23. The van der Waals surface area contributed by atoms with Gasteiger partial charge in [-0.25, -0.2) is 0 Å². The predicted octanol–water partition coefficient (Wildman–Crippen LogP) is 5.07. The first kappa shape index (κ1) is 23.3. The smallest absolute Gasteiger partial charge is 0.123 e. The van der Waals surface area contributed by atoms with Crippen molar-refractivity contribution in [3.05, 3.63) is 95.6 Å². The van der Waals surface area contributed by atoms with Gasteiger partial charge in [-0.1, -0.05) is 60.7 Å². The lowest BCUT2D eigenvalue weighted by Crippen LogP contribution is -2.47. The van der Waals surface area contributed by atoms with E-state index in [4.69, 9.17) is 9.47 Å². The highest BCUT2D eigenvalue weighted by Crippen LogP contribution is 2.26. The average Bonchev–Trinajstić information content (AvgIpc) is 2.88. The van der Waals surface area contributed by atoms with Crippen LogP contribution >= 0.6 is 0 Å². The molecule has 0 bridgehead atoms. The SMILES string of the molecule is COc1ccc(OCc2ccccc2)c(CCN2CCN(CCCc3ccccc3)CC2)c1. The molecule has 1 aliphatic heterocycles. The third kappa shape index (κ3) is 7.34. The maximum atomic E-state index is 6.18. The van der Waals surface area contributed by atoms with Crippen molar-refractivity contribution < 1.29 is 9.47 Å². The van der Waals surface area contributed by atoms with E-state index in [2.05, 4.69) is 70.5 Å². The molecule has 0 N–H and O–H groups in total. The van der Waals surface area contributed by atoms with E-state index in [0.29, 0.717) is 6.61 Å². The van der Waals surface area contributed by atoms with Gasteiger partial charge in [0.15, 0.2) is 0 Å². The molecule has 4 nitrogen and oxygen atoms in total. The van der Waals surface area contributed by atoms with Crippen LogP contribution in [0.5, 0.6) is 11.5 Å². The van der Waals surface area contributed by atoms with Crippen LogP contribution in [-0.4, -0.2) is 56.2 Å². The van der Waals surface area contributed by atoms with Crippen molar-refractivity contribution in [3.8, 4) is 11.5 Å². The first-order valence-electron chi connectivity index (χ1n) is 12.1. The fraction of sp³-hybridized carbons (Fsp3) is 0.379. The van der Waals surface area contributed by atoms with Crippen molar-refractivity contribution in [1.29, 1.82) is 0 Å². The van der Waals surface area contributed by atoms with Crippen LogP contribution in [0.25, 0.3) is 0 Å². The van der Waals surface area contributed by atoms with Gasteiger partial charge in [0.05, 0.1) is 7.11 Å². The third-order valence-electron chi connectivity index (χ3n) is 6.45. The number of hydrogen-bond acceptors (Lipinski definition) is 4. The predicted molar refractivity (Wildman–Crippen MR) is 135 cm³/mol. The maximum absolute atomic E-state index is 6.18. The Morgan fingerprint density at radius 2 is 1.33 bits per heavy atom. The minimum absolute atomic E-state index is 0.585. The second-order valence-corrected chi connectivity index (χ2v) is 8.77. The monoisotopic (exact) mass is 444 g/mol. The zero-order chi connectivity index (χ0) is 22.7. The van der Waals surface area contributed by atoms with Gasteiger partial charge >= 0.3 is 0 Å². The molecule has 1 aliphatic rings. The molecule has 0 radical (unpaired) electrons. The molecule has 0 aliphatic carbocycles. The Morgan fingerprint density at radius 3 is 2.00 bits per heavy atom. The molecule has 174 valence electrons. The van der Waals surface area contributed by atoms with Crippen molar-refractivity contribution in [2.24, 2.45) is 0 Å². The molecular formula is C29H36N2O2. The van der Waals surface area contributed by atoms with E-state index in [0.717, 1.165) is 50.6 Å². The molecule has 1 saturated heterocycles. The van der Waals surface area contributed by atoms with Crippen molar-refractivity contribution in [1.82, 2.24) is 9.80 Å². The van der Waals surface area contributed by atoms with Gasteiger partial charge in [-0.3, -0.25) is 0 Å². The summed E-state index contributed by atoms with van der Waals surface area (Å²) in [6, 6.07) is 27.3.